The molecule has 0 aromatic rings. The van der Waals surface area contributed by atoms with Crippen LogP contribution in [0.4, 0.5) is 26.3 Å². The second kappa shape index (κ2) is 5.40. The molecule has 0 heterocycles. The van der Waals surface area contributed by atoms with Crippen molar-refractivity contribution < 1.29 is 40.6 Å². The van der Waals surface area contributed by atoms with Crippen LogP contribution in [-0.4, -0.2) is 38.1 Å². The molecule has 0 aromatic carbocycles. The van der Waals surface area contributed by atoms with Crippen LogP contribution in [0.25, 0.3) is 0 Å². The van der Waals surface area contributed by atoms with Crippen LogP contribution in [0.1, 0.15) is 13.8 Å². The van der Waals surface area contributed by atoms with Crippen molar-refractivity contribution in [1.82, 2.24) is 0 Å². The number of methoxy groups -OCH3 is 1. The predicted octanol–water partition coefficient (Wildman–Crippen LogP) is 2.85. The summed E-state index contributed by atoms with van der Waals surface area (Å²) in [6, 6.07) is 0. The largest absolute Gasteiger partial charge is 0.426 e. The highest BCUT2D eigenvalue weighted by Gasteiger charge is 2.70. The standard InChI is InChI=1S/C8H12F6O3/c1-4-16-5(15-3)17-6(2,7(9,10)11)8(12,13)14/h5H,4H2,1-3H3. The molecule has 0 saturated carbocycles. The van der Waals surface area contributed by atoms with Crippen LogP contribution < -0.4 is 0 Å². The summed E-state index contributed by atoms with van der Waals surface area (Å²) in [5.74, 6) is 0. The molecule has 0 aliphatic heterocycles. The molecule has 0 rings (SSSR count). The zero-order chi connectivity index (χ0) is 13.9. The average molecular weight is 270 g/mol. The molecule has 17 heavy (non-hydrogen) atoms. The van der Waals surface area contributed by atoms with E-state index in [1.165, 1.54) is 6.92 Å². The molecule has 1 atom stereocenters. The lowest BCUT2D eigenvalue weighted by Crippen LogP contribution is -2.58. The molecule has 0 aliphatic carbocycles. The van der Waals surface area contributed by atoms with E-state index < -0.39 is 24.4 Å². The molecule has 0 saturated heterocycles. The number of ether oxygens (including phenoxy) is 3. The van der Waals surface area contributed by atoms with Crippen molar-refractivity contribution in [3.63, 3.8) is 0 Å². The number of hydrogen-bond acceptors (Lipinski definition) is 3. The molecule has 0 spiro atoms. The Hall–Kier alpha value is -0.540. The Morgan fingerprint density at radius 2 is 1.41 bits per heavy atom. The van der Waals surface area contributed by atoms with Crippen molar-refractivity contribution in [2.75, 3.05) is 13.7 Å². The van der Waals surface area contributed by atoms with Crippen LogP contribution >= 0.6 is 0 Å². The van der Waals surface area contributed by atoms with Crippen molar-refractivity contribution in [2.45, 2.75) is 38.3 Å². The van der Waals surface area contributed by atoms with Gasteiger partial charge in [0, 0.05) is 13.7 Å². The van der Waals surface area contributed by atoms with Gasteiger partial charge in [0.15, 0.2) is 0 Å². The highest BCUT2D eigenvalue weighted by Crippen LogP contribution is 2.46. The fourth-order valence-electron chi connectivity index (χ4n) is 0.773. The number of hydrogen-bond donors (Lipinski definition) is 0. The third kappa shape index (κ3) is 3.71. The molecule has 9 heteroatoms. The fraction of sp³-hybridized carbons (Fsp3) is 1.00. The first-order valence-corrected chi connectivity index (χ1v) is 4.45. The summed E-state index contributed by atoms with van der Waals surface area (Å²) < 4.78 is 86.8. The minimum Gasteiger partial charge on any atom is -0.333 e. The highest BCUT2D eigenvalue weighted by atomic mass is 19.4. The summed E-state index contributed by atoms with van der Waals surface area (Å²) in [4.78, 5) is 0. The summed E-state index contributed by atoms with van der Waals surface area (Å²) in [6.07, 6.45) is -11.3. The van der Waals surface area contributed by atoms with Crippen molar-refractivity contribution in [3.05, 3.63) is 0 Å². The van der Waals surface area contributed by atoms with Crippen molar-refractivity contribution in [3.8, 4) is 0 Å². The molecule has 0 bridgehead atoms. The molecule has 0 amide bonds. The van der Waals surface area contributed by atoms with Gasteiger partial charge in [-0.1, -0.05) is 0 Å². The van der Waals surface area contributed by atoms with Gasteiger partial charge < -0.3 is 14.2 Å². The van der Waals surface area contributed by atoms with Crippen LogP contribution in [0, 0.1) is 0 Å². The van der Waals surface area contributed by atoms with Gasteiger partial charge in [0.1, 0.15) is 0 Å². The second-order valence-corrected chi connectivity index (χ2v) is 3.13. The predicted molar refractivity (Wildman–Crippen MR) is 44.0 cm³/mol. The molecule has 0 aliphatic rings. The molecular formula is C8H12F6O3. The summed E-state index contributed by atoms with van der Waals surface area (Å²) in [5, 5.41) is 0. The van der Waals surface area contributed by atoms with E-state index in [1.54, 1.807) is 0 Å². The Morgan fingerprint density at radius 3 is 1.65 bits per heavy atom. The normalized spacial score (nSPS) is 16.1. The zero-order valence-electron chi connectivity index (χ0n) is 9.28. The molecule has 3 nitrogen and oxygen atoms in total. The smallest absolute Gasteiger partial charge is 0.333 e. The molecule has 0 fully saturated rings. The molecule has 104 valence electrons. The third-order valence-electron chi connectivity index (χ3n) is 1.91. The number of halogens is 6. The Bertz CT molecular complexity index is 222. The molecule has 0 N–H and O–H groups in total. The van der Waals surface area contributed by atoms with Gasteiger partial charge >= 0.3 is 12.4 Å². The summed E-state index contributed by atoms with van der Waals surface area (Å²) >= 11 is 0. The maximum atomic E-state index is 12.4. The van der Waals surface area contributed by atoms with Crippen molar-refractivity contribution >= 4 is 0 Å². The van der Waals surface area contributed by atoms with Crippen LogP contribution in [0.5, 0.6) is 0 Å². The van der Waals surface area contributed by atoms with Crippen LogP contribution in [0.3, 0.4) is 0 Å². The van der Waals surface area contributed by atoms with E-state index in [9.17, 15) is 26.3 Å². The van der Waals surface area contributed by atoms with Crippen LogP contribution in [-0.2, 0) is 14.2 Å². The first-order chi connectivity index (χ1) is 7.49. The van der Waals surface area contributed by atoms with Crippen molar-refractivity contribution in [2.24, 2.45) is 0 Å². The van der Waals surface area contributed by atoms with E-state index in [0.29, 0.717) is 0 Å². The third-order valence-corrected chi connectivity index (χ3v) is 1.91. The van der Waals surface area contributed by atoms with Gasteiger partial charge in [-0.2, -0.15) is 26.3 Å². The van der Waals surface area contributed by atoms with E-state index >= 15 is 0 Å². The maximum absolute atomic E-state index is 12.4. The van der Waals surface area contributed by atoms with E-state index in [1.807, 2.05) is 0 Å². The molecule has 1 unspecified atom stereocenters. The Morgan fingerprint density at radius 1 is 1.00 bits per heavy atom. The van der Waals surface area contributed by atoms with E-state index in [2.05, 4.69) is 14.2 Å². The molecule has 0 aromatic heterocycles. The lowest BCUT2D eigenvalue weighted by Gasteiger charge is -2.35. The topological polar surface area (TPSA) is 27.7 Å². The first-order valence-electron chi connectivity index (χ1n) is 4.45. The van der Waals surface area contributed by atoms with E-state index in [0.717, 1.165) is 7.11 Å². The van der Waals surface area contributed by atoms with Gasteiger partial charge in [-0.05, 0) is 13.8 Å². The average Bonchev–Trinajstić information content (AvgIpc) is 2.13. The number of alkyl halides is 6. The SMILES string of the molecule is CCOC(OC)OC(C)(C(F)(F)F)C(F)(F)F. The molecular weight excluding hydrogens is 258 g/mol. The fourth-order valence-corrected chi connectivity index (χ4v) is 0.773. The monoisotopic (exact) mass is 270 g/mol. The zero-order valence-corrected chi connectivity index (χ0v) is 9.28. The summed E-state index contributed by atoms with van der Waals surface area (Å²) in [6.45, 7) is -0.968. The van der Waals surface area contributed by atoms with Gasteiger partial charge in [0.2, 0.25) is 0 Å². The van der Waals surface area contributed by atoms with Gasteiger partial charge in [0.25, 0.3) is 12.1 Å². The summed E-state index contributed by atoms with van der Waals surface area (Å²) in [7, 11) is 0.869. The Labute approximate surface area is 93.6 Å². The summed E-state index contributed by atoms with van der Waals surface area (Å²) in [5.41, 5.74) is -4.35. The minimum absolute atomic E-state index is 0.127. The quantitative estimate of drug-likeness (QED) is 0.568. The Kier molecular flexibility index (Phi) is 5.23. The first kappa shape index (κ1) is 16.5. The lowest BCUT2D eigenvalue weighted by atomic mass is 10.1. The highest BCUT2D eigenvalue weighted by molar-refractivity contribution is 4.91. The van der Waals surface area contributed by atoms with Crippen molar-refractivity contribution in [1.29, 1.82) is 0 Å². The van der Waals surface area contributed by atoms with Gasteiger partial charge in [0.05, 0.1) is 0 Å². The maximum Gasteiger partial charge on any atom is 0.426 e. The number of rotatable bonds is 5. The molecule has 0 radical (unpaired) electrons. The van der Waals surface area contributed by atoms with Crippen LogP contribution in [0.15, 0.2) is 0 Å². The van der Waals surface area contributed by atoms with Crippen LogP contribution in [0.2, 0.25) is 0 Å². The Balaban J connectivity index is 5.09. The van der Waals surface area contributed by atoms with Gasteiger partial charge in [-0.25, -0.2) is 0 Å². The van der Waals surface area contributed by atoms with Gasteiger partial charge in [-0.15, -0.1) is 0 Å². The van der Waals surface area contributed by atoms with E-state index in [4.69, 9.17) is 0 Å². The second-order valence-electron chi connectivity index (χ2n) is 3.13. The van der Waals surface area contributed by atoms with E-state index in [-0.39, 0.29) is 13.5 Å². The van der Waals surface area contributed by atoms with Gasteiger partial charge in [-0.3, -0.25) is 0 Å². The minimum atomic E-state index is -5.64. The lowest BCUT2D eigenvalue weighted by molar-refractivity contribution is -0.433.